The SMILES string of the molecule is Cc1ccncc1-c1ccc2[nH]nc(-c3nc4c(N5CCCCC5)cncc4[nH]3)c2n1. The zero-order valence-electron chi connectivity index (χ0n) is 17.3. The largest absolute Gasteiger partial charge is 0.368 e. The number of nitrogens with one attached hydrogen (secondary N) is 2. The van der Waals surface area contributed by atoms with Crippen molar-refractivity contribution in [1.29, 1.82) is 0 Å². The van der Waals surface area contributed by atoms with Crippen LogP contribution in [0.1, 0.15) is 24.8 Å². The minimum atomic E-state index is 0.695. The van der Waals surface area contributed by atoms with E-state index in [1.54, 1.807) is 6.20 Å². The highest BCUT2D eigenvalue weighted by atomic mass is 15.2. The highest BCUT2D eigenvalue weighted by Gasteiger charge is 2.20. The maximum absolute atomic E-state index is 4.93. The van der Waals surface area contributed by atoms with Gasteiger partial charge in [-0.1, -0.05) is 0 Å². The van der Waals surface area contributed by atoms with Crippen LogP contribution >= 0.6 is 0 Å². The summed E-state index contributed by atoms with van der Waals surface area (Å²) in [6.07, 6.45) is 11.1. The Hall–Kier alpha value is -3.81. The number of hydrogen-bond donors (Lipinski definition) is 2. The number of nitrogens with zero attached hydrogens (tertiary/aromatic N) is 6. The molecule has 8 heteroatoms. The van der Waals surface area contributed by atoms with E-state index in [1.165, 1.54) is 19.3 Å². The molecular formula is C23H22N8. The molecule has 0 amide bonds. The molecule has 1 fully saturated rings. The first kappa shape index (κ1) is 18.0. The van der Waals surface area contributed by atoms with Gasteiger partial charge in [-0.05, 0) is 49.9 Å². The molecule has 5 aromatic rings. The van der Waals surface area contributed by atoms with Crippen LogP contribution in [0.25, 0.3) is 44.8 Å². The maximum atomic E-state index is 4.93. The molecule has 0 unspecified atom stereocenters. The predicted octanol–water partition coefficient (Wildman–Crippen LogP) is 4.26. The van der Waals surface area contributed by atoms with Gasteiger partial charge in [0.15, 0.2) is 11.5 Å². The Kier molecular flexibility index (Phi) is 4.15. The van der Waals surface area contributed by atoms with Crippen molar-refractivity contribution in [3.63, 3.8) is 0 Å². The quantitative estimate of drug-likeness (QED) is 0.461. The first-order chi connectivity index (χ1) is 15.3. The van der Waals surface area contributed by atoms with Gasteiger partial charge in [-0.2, -0.15) is 5.10 Å². The van der Waals surface area contributed by atoms with Crippen molar-refractivity contribution in [3.05, 3.63) is 48.5 Å². The van der Waals surface area contributed by atoms with E-state index >= 15 is 0 Å². The summed E-state index contributed by atoms with van der Waals surface area (Å²) in [5.74, 6) is 0.695. The van der Waals surface area contributed by atoms with Crippen molar-refractivity contribution in [2.45, 2.75) is 26.2 Å². The van der Waals surface area contributed by atoms with Crippen molar-refractivity contribution < 1.29 is 0 Å². The molecule has 0 aromatic carbocycles. The number of aromatic nitrogens is 7. The summed E-state index contributed by atoms with van der Waals surface area (Å²) in [4.78, 5) is 24.3. The van der Waals surface area contributed by atoms with E-state index in [0.717, 1.165) is 57.7 Å². The highest BCUT2D eigenvalue weighted by Crippen LogP contribution is 2.31. The molecule has 0 atom stereocenters. The fraction of sp³-hybridized carbons (Fsp3) is 0.261. The summed E-state index contributed by atoms with van der Waals surface area (Å²) >= 11 is 0. The standard InChI is InChI=1S/C23H22N8/c1-14-7-8-24-11-15(14)16-5-6-17-21(26-16)22(30-29-17)23-27-18-12-25-13-19(20(18)28-23)31-9-3-2-4-10-31/h5-8,11-13H,2-4,9-10H2,1H3,(H,27,28)(H,29,30). The van der Waals surface area contributed by atoms with Crippen LogP contribution < -0.4 is 4.90 Å². The molecule has 1 aliphatic heterocycles. The summed E-state index contributed by atoms with van der Waals surface area (Å²) in [6, 6.07) is 5.99. The fourth-order valence-corrected chi connectivity index (χ4v) is 4.34. The van der Waals surface area contributed by atoms with E-state index in [0.29, 0.717) is 11.5 Å². The number of aromatic amines is 2. The molecule has 1 aliphatic rings. The maximum Gasteiger partial charge on any atom is 0.161 e. The lowest BCUT2D eigenvalue weighted by atomic mass is 10.1. The number of hydrogen-bond acceptors (Lipinski definition) is 6. The van der Waals surface area contributed by atoms with Crippen molar-refractivity contribution in [3.8, 4) is 22.8 Å². The molecule has 6 heterocycles. The average Bonchev–Trinajstić information content (AvgIpc) is 3.43. The summed E-state index contributed by atoms with van der Waals surface area (Å²) in [6.45, 7) is 4.15. The van der Waals surface area contributed by atoms with Crippen LogP contribution in [0, 0.1) is 6.92 Å². The topological polar surface area (TPSA) is 99.3 Å². The van der Waals surface area contributed by atoms with E-state index in [9.17, 15) is 0 Å². The van der Waals surface area contributed by atoms with Gasteiger partial charge in [0.2, 0.25) is 0 Å². The lowest BCUT2D eigenvalue weighted by Crippen LogP contribution is -2.29. The smallest absolute Gasteiger partial charge is 0.161 e. The van der Waals surface area contributed by atoms with Crippen LogP contribution in [-0.4, -0.2) is 48.2 Å². The molecule has 0 spiro atoms. The van der Waals surface area contributed by atoms with Crippen LogP contribution in [0.3, 0.4) is 0 Å². The lowest BCUT2D eigenvalue weighted by Gasteiger charge is -2.28. The molecule has 0 radical (unpaired) electrons. The zero-order chi connectivity index (χ0) is 20.8. The molecule has 1 saturated heterocycles. The van der Waals surface area contributed by atoms with Crippen LogP contribution in [0.4, 0.5) is 5.69 Å². The first-order valence-electron chi connectivity index (χ1n) is 10.6. The number of pyridine rings is 3. The Morgan fingerprint density at radius 1 is 0.871 bits per heavy atom. The number of H-pyrrole nitrogens is 2. The van der Waals surface area contributed by atoms with Crippen molar-refractivity contribution in [2.24, 2.45) is 0 Å². The minimum absolute atomic E-state index is 0.695. The Labute approximate surface area is 178 Å². The van der Waals surface area contributed by atoms with Gasteiger partial charge in [-0.3, -0.25) is 15.1 Å². The van der Waals surface area contributed by atoms with E-state index in [-0.39, 0.29) is 0 Å². The van der Waals surface area contributed by atoms with Crippen molar-refractivity contribution in [2.75, 3.05) is 18.0 Å². The second kappa shape index (κ2) is 7.16. The van der Waals surface area contributed by atoms with Crippen LogP contribution in [0.5, 0.6) is 0 Å². The second-order valence-electron chi connectivity index (χ2n) is 8.04. The number of aryl methyl sites for hydroxylation is 1. The van der Waals surface area contributed by atoms with E-state index < -0.39 is 0 Å². The monoisotopic (exact) mass is 410 g/mol. The lowest BCUT2D eigenvalue weighted by molar-refractivity contribution is 0.578. The summed E-state index contributed by atoms with van der Waals surface area (Å²) in [5, 5.41) is 7.62. The third-order valence-corrected chi connectivity index (χ3v) is 6.02. The van der Waals surface area contributed by atoms with Gasteiger partial charge in [-0.15, -0.1) is 0 Å². The Balaban J connectivity index is 1.47. The van der Waals surface area contributed by atoms with Gasteiger partial charge in [0.1, 0.15) is 11.0 Å². The molecular weight excluding hydrogens is 388 g/mol. The fourth-order valence-electron chi connectivity index (χ4n) is 4.34. The van der Waals surface area contributed by atoms with Gasteiger partial charge in [0, 0.05) is 31.0 Å². The molecule has 0 aliphatic carbocycles. The molecule has 8 nitrogen and oxygen atoms in total. The van der Waals surface area contributed by atoms with E-state index in [2.05, 4.69) is 37.0 Å². The summed E-state index contributed by atoms with van der Waals surface area (Å²) in [7, 11) is 0. The summed E-state index contributed by atoms with van der Waals surface area (Å²) in [5.41, 5.74) is 8.30. The Morgan fingerprint density at radius 2 is 1.77 bits per heavy atom. The Morgan fingerprint density at radius 3 is 2.65 bits per heavy atom. The van der Waals surface area contributed by atoms with Gasteiger partial charge < -0.3 is 9.88 Å². The zero-order valence-corrected chi connectivity index (χ0v) is 17.3. The normalized spacial score (nSPS) is 14.5. The number of anilines is 1. The Bertz CT molecular complexity index is 1390. The second-order valence-corrected chi connectivity index (χ2v) is 8.04. The third kappa shape index (κ3) is 3.02. The van der Waals surface area contributed by atoms with Crippen LogP contribution in [0.15, 0.2) is 43.0 Å². The minimum Gasteiger partial charge on any atom is -0.368 e. The van der Waals surface area contributed by atoms with Crippen LogP contribution in [0.2, 0.25) is 0 Å². The summed E-state index contributed by atoms with van der Waals surface area (Å²) < 4.78 is 0. The van der Waals surface area contributed by atoms with Crippen LogP contribution in [-0.2, 0) is 0 Å². The number of fused-ring (bicyclic) bond motifs is 2. The average molecular weight is 410 g/mol. The van der Waals surface area contributed by atoms with Gasteiger partial charge >= 0.3 is 0 Å². The van der Waals surface area contributed by atoms with Gasteiger partial charge in [0.05, 0.1) is 34.8 Å². The molecule has 31 heavy (non-hydrogen) atoms. The predicted molar refractivity (Wildman–Crippen MR) is 121 cm³/mol. The highest BCUT2D eigenvalue weighted by molar-refractivity contribution is 5.94. The van der Waals surface area contributed by atoms with E-state index in [4.69, 9.17) is 9.97 Å². The third-order valence-electron chi connectivity index (χ3n) is 6.02. The number of imidazole rings is 1. The van der Waals surface area contributed by atoms with Gasteiger partial charge in [0.25, 0.3) is 0 Å². The van der Waals surface area contributed by atoms with E-state index in [1.807, 2.05) is 36.8 Å². The molecule has 5 aromatic heterocycles. The van der Waals surface area contributed by atoms with Crippen molar-refractivity contribution >= 4 is 27.8 Å². The number of rotatable bonds is 3. The molecule has 0 saturated carbocycles. The first-order valence-corrected chi connectivity index (χ1v) is 10.6. The molecule has 2 N–H and O–H groups in total. The number of piperidine rings is 1. The van der Waals surface area contributed by atoms with Gasteiger partial charge in [-0.25, -0.2) is 9.97 Å². The van der Waals surface area contributed by atoms with Crippen molar-refractivity contribution in [1.82, 2.24) is 35.1 Å². The molecule has 154 valence electrons. The molecule has 0 bridgehead atoms. The molecule has 6 rings (SSSR count).